The van der Waals surface area contributed by atoms with Crippen molar-refractivity contribution >= 4 is 30.8 Å². The highest BCUT2D eigenvalue weighted by atomic mass is 32.1. The predicted octanol–water partition coefficient (Wildman–Crippen LogP) is 4.09. The number of thiophene rings is 1. The number of nitrogens with one attached hydrogen (secondary N) is 1. The molecule has 0 spiro atoms. The Kier molecular flexibility index (Phi) is 12.3. The van der Waals surface area contributed by atoms with Gasteiger partial charge in [0, 0.05) is 24.2 Å². The van der Waals surface area contributed by atoms with Crippen LogP contribution >= 0.6 is 18.9 Å². The molecule has 2 aromatic carbocycles. The molecule has 3 N–H and O–H groups in total. The number of esters is 2. The minimum absolute atomic E-state index is 0.0409. The Morgan fingerprint density at radius 1 is 0.967 bits per heavy atom. The molecule has 0 saturated carbocycles. The molecule has 20 heteroatoms. The average Bonchev–Trinajstić information content (AvgIpc) is 4.02. The first-order chi connectivity index (χ1) is 28.8. The summed E-state index contributed by atoms with van der Waals surface area (Å²) in [7, 11) is 0.162. The summed E-state index contributed by atoms with van der Waals surface area (Å²) in [5, 5.41) is 27.4. The summed E-state index contributed by atoms with van der Waals surface area (Å²) in [6, 6.07) is 5.98. The van der Waals surface area contributed by atoms with E-state index in [1.807, 2.05) is 17.5 Å². The molecule has 4 aliphatic heterocycles. The normalized spacial score (nSPS) is 28.1. The minimum atomic E-state index is -3.98. The lowest BCUT2D eigenvalue weighted by atomic mass is 9.74. The first kappa shape index (κ1) is 42.5. The molecular weight excluding hydrogens is 829 g/mol. The Balaban J connectivity index is 1.16. The van der Waals surface area contributed by atoms with Gasteiger partial charge in [-0.25, -0.2) is 5.09 Å². The Labute approximate surface area is 349 Å². The van der Waals surface area contributed by atoms with Gasteiger partial charge in [0.15, 0.2) is 29.3 Å². The molecule has 3 aromatic rings. The van der Waals surface area contributed by atoms with Gasteiger partial charge >= 0.3 is 19.5 Å². The maximum Gasteiger partial charge on any atom is 0.342 e. The van der Waals surface area contributed by atoms with E-state index in [0.29, 0.717) is 28.7 Å². The maximum absolute atomic E-state index is 14.2. The zero-order valence-corrected chi connectivity index (χ0v) is 35.5. The van der Waals surface area contributed by atoms with Crippen LogP contribution in [0.3, 0.4) is 0 Å². The quantitative estimate of drug-likeness (QED) is 0.154. The van der Waals surface area contributed by atoms with Crippen LogP contribution in [0.4, 0.5) is 0 Å². The number of ether oxygens (including phenoxy) is 11. The standard InChI is InChI=1S/C40H48NO17PS/c1-18(2)54-37(44)19(3)41-59(46,17-47-4)58-33-25(48-5)11-20(12-26(33)49-6)29-23-13-22-21(14-50-38(22)45)10-24(23)32(36-35(29)52-16-53-36)56-40-31(43)30(42)34-27(55-40)15-51-39(57-34)28-8-7-9-60-28/h7-9,11-12,18-19,21-22,27,30-31,34,39-40,42-43H,10,13-17H2,1-6H3,(H,41,46)/t19-,21-,22+,27+,30+,31+,34+,39?,40-,59?/m0/s1. The second kappa shape index (κ2) is 17.3. The van der Waals surface area contributed by atoms with Crippen molar-refractivity contribution in [2.75, 3.05) is 47.7 Å². The molecule has 0 bridgehead atoms. The van der Waals surface area contributed by atoms with Gasteiger partial charge in [0.05, 0.1) is 44.3 Å². The number of hydrogen-bond donors (Lipinski definition) is 3. The SMILES string of the molecule is COCP(=O)(N[C@@H](C)C(=O)OC(C)C)Oc1c(OC)cc(-c2c3c(c(O[C@@H]4O[C@@H]5COC(c6cccs6)O[C@H]5[C@H](O)[C@H]4O)c4c2OCO4)C[C@H]2COC(=O)[C@@H]2C3)cc1OC. The van der Waals surface area contributed by atoms with Gasteiger partial charge in [0.25, 0.3) is 0 Å². The number of aliphatic hydroxyl groups excluding tert-OH is 2. The second-order valence-corrected chi connectivity index (χ2v) is 18.3. The van der Waals surface area contributed by atoms with E-state index in [-0.39, 0.29) is 72.8 Å². The van der Waals surface area contributed by atoms with Crippen molar-refractivity contribution in [2.45, 2.75) is 82.8 Å². The fourth-order valence-corrected chi connectivity index (χ4v) is 10.6. The average molecular weight is 878 g/mol. The molecule has 10 atom stereocenters. The summed E-state index contributed by atoms with van der Waals surface area (Å²) in [6.07, 6.45) is -6.96. The van der Waals surface area contributed by atoms with Crippen LogP contribution in [-0.4, -0.2) is 113 Å². The van der Waals surface area contributed by atoms with Crippen LogP contribution in [0.1, 0.15) is 43.1 Å². The first-order valence-corrected chi connectivity index (χ1v) is 22.2. The molecule has 326 valence electrons. The Bertz CT molecular complexity index is 2110. The van der Waals surface area contributed by atoms with Crippen molar-refractivity contribution in [3.05, 3.63) is 45.6 Å². The van der Waals surface area contributed by atoms with Gasteiger partial charge in [0.1, 0.15) is 36.8 Å². The van der Waals surface area contributed by atoms with Crippen LogP contribution in [0.25, 0.3) is 11.1 Å². The Morgan fingerprint density at radius 3 is 2.40 bits per heavy atom. The second-order valence-electron chi connectivity index (χ2n) is 15.3. The van der Waals surface area contributed by atoms with E-state index in [4.69, 9.17) is 56.6 Å². The van der Waals surface area contributed by atoms with Gasteiger partial charge in [-0.15, -0.1) is 11.3 Å². The largest absolute Gasteiger partial charge is 0.493 e. The van der Waals surface area contributed by atoms with Crippen LogP contribution in [0.15, 0.2) is 29.6 Å². The summed E-state index contributed by atoms with van der Waals surface area (Å²) in [6.45, 7) is 4.98. The molecule has 0 radical (unpaired) electrons. The summed E-state index contributed by atoms with van der Waals surface area (Å²) < 4.78 is 85.0. The van der Waals surface area contributed by atoms with Gasteiger partial charge in [-0.1, -0.05) is 6.07 Å². The molecule has 5 heterocycles. The number of aliphatic hydroxyl groups is 2. The summed E-state index contributed by atoms with van der Waals surface area (Å²) in [4.78, 5) is 26.5. The minimum Gasteiger partial charge on any atom is -0.493 e. The monoisotopic (exact) mass is 877 g/mol. The molecule has 18 nitrogen and oxygen atoms in total. The Morgan fingerprint density at radius 2 is 1.72 bits per heavy atom. The number of carbonyl (C=O) groups is 2. The van der Waals surface area contributed by atoms with Crippen molar-refractivity contribution in [3.8, 4) is 45.6 Å². The number of hydrogen-bond acceptors (Lipinski definition) is 18. The van der Waals surface area contributed by atoms with Crippen molar-refractivity contribution in [2.24, 2.45) is 11.8 Å². The highest BCUT2D eigenvalue weighted by Gasteiger charge is 2.52. The molecule has 1 aromatic heterocycles. The van der Waals surface area contributed by atoms with Crippen LogP contribution < -0.4 is 33.3 Å². The van der Waals surface area contributed by atoms with E-state index in [9.17, 15) is 24.4 Å². The van der Waals surface area contributed by atoms with E-state index >= 15 is 0 Å². The van der Waals surface area contributed by atoms with Gasteiger partial charge in [-0.2, -0.15) is 0 Å². The van der Waals surface area contributed by atoms with E-state index in [1.54, 1.807) is 26.0 Å². The van der Waals surface area contributed by atoms with Crippen LogP contribution in [0.5, 0.6) is 34.5 Å². The van der Waals surface area contributed by atoms with Crippen molar-refractivity contribution in [1.29, 1.82) is 0 Å². The van der Waals surface area contributed by atoms with Gasteiger partial charge in [-0.3, -0.25) is 14.2 Å². The lowest BCUT2D eigenvalue weighted by Gasteiger charge is -2.46. The number of cyclic esters (lactones) is 1. The molecule has 2 unspecified atom stereocenters. The topological polar surface area (TPSA) is 214 Å². The summed E-state index contributed by atoms with van der Waals surface area (Å²) in [5.74, 6) is -0.757. The van der Waals surface area contributed by atoms with E-state index in [0.717, 1.165) is 4.88 Å². The third-order valence-electron chi connectivity index (χ3n) is 10.9. The van der Waals surface area contributed by atoms with Crippen molar-refractivity contribution < 1.29 is 81.0 Å². The van der Waals surface area contributed by atoms with E-state index < -0.39 is 74.9 Å². The molecular formula is C40H48NO17PS. The number of carbonyl (C=O) groups excluding carboxylic acids is 2. The van der Waals surface area contributed by atoms with Crippen molar-refractivity contribution in [1.82, 2.24) is 5.09 Å². The van der Waals surface area contributed by atoms with Gasteiger partial charge in [0.2, 0.25) is 24.6 Å². The lowest BCUT2D eigenvalue weighted by Crippen LogP contribution is -2.62. The van der Waals surface area contributed by atoms with E-state index in [1.165, 1.54) is 39.6 Å². The summed E-state index contributed by atoms with van der Waals surface area (Å²) in [5.41, 5.74) is 2.36. The predicted molar refractivity (Wildman–Crippen MR) is 210 cm³/mol. The molecule has 5 aliphatic rings. The van der Waals surface area contributed by atoms with Crippen molar-refractivity contribution in [3.63, 3.8) is 0 Å². The maximum atomic E-state index is 14.2. The molecule has 1 aliphatic carbocycles. The Hall–Kier alpha value is -4.17. The lowest BCUT2D eigenvalue weighted by molar-refractivity contribution is -0.349. The number of methoxy groups -OCH3 is 3. The number of fused-ring (bicyclic) bond motifs is 4. The van der Waals surface area contributed by atoms with E-state index in [2.05, 4.69) is 5.09 Å². The molecule has 3 saturated heterocycles. The van der Waals surface area contributed by atoms with Crippen LogP contribution in [0.2, 0.25) is 0 Å². The zero-order valence-electron chi connectivity index (χ0n) is 33.8. The fraction of sp³-hybridized carbons (Fsp3) is 0.550. The zero-order chi connectivity index (χ0) is 42.5. The molecule has 3 fully saturated rings. The first-order valence-electron chi connectivity index (χ1n) is 19.5. The third kappa shape index (κ3) is 8.02. The number of benzene rings is 2. The van der Waals surface area contributed by atoms with Gasteiger partial charge < -0.3 is 66.8 Å². The molecule has 60 heavy (non-hydrogen) atoms. The number of rotatable bonds is 14. The molecule has 0 amide bonds. The van der Waals surface area contributed by atoms with Gasteiger partial charge in [-0.05, 0) is 68.3 Å². The summed E-state index contributed by atoms with van der Waals surface area (Å²) >= 11 is 1.45. The third-order valence-corrected chi connectivity index (χ3v) is 13.7. The highest BCUT2D eigenvalue weighted by Crippen LogP contribution is 2.58. The fourth-order valence-electron chi connectivity index (χ4n) is 8.17. The highest BCUT2D eigenvalue weighted by molar-refractivity contribution is 7.57. The molecule has 8 rings (SSSR count). The smallest absolute Gasteiger partial charge is 0.342 e. The van der Waals surface area contributed by atoms with Crippen LogP contribution in [0, 0.1) is 11.8 Å². The van der Waals surface area contributed by atoms with Crippen LogP contribution in [-0.2, 0) is 55.4 Å².